The van der Waals surface area contributed by atoms with Crippen LogP contribution in [0.15, 0.2) is 30.3 Å². The summed E-state index contributed by atoms with van der Waals surface area (Å²) in [5, 5.41) is 17.6. The van der Waals surface area contributed by atoms with Crippen LogP contribution in [-0.2, 0) is 11.2 Å². The van der Waals surface area contributed by atoms with Crippen LogP contribution >= 0.6 is 0 Å². The van der Waals surface area contributed by atoms with E-state index in [9.17, 15) is 10.0 Å². The second kappa shape index (κ2) is 7.23. The first-order valence-corrected chi connectivity index (χ1v) is 6.80. The number of nitrogens with one attached hydrogen (secondary N) is 3. The molecule has 1 aromatic rings. The molecule has 1 aliphatic rings. The summed E-state index contributed by atoms with van der Waals surface area (Å²) in [6, 6.07) is 10.1. The van der Waals surface area contributed by atoms with E-state index < -0.39 is 0 Å². The number of hydroxylamine groups is 2. The highest BCUT2D eigenvalue weighted by molar-refractivity contribution is 5.76. The lowest BCUT2D eigenvalue weighted by Crippen LogP contribution is -3.09. The van der Waals surface area contributed by atoms with E-state index in [2.05, 4.69) is 10.6 Å². The molecular formula is C14H21N3O2. The van der Waals surface area contributed by atoms with Crippen LogP contribution in [-0.4, -0.2) is 31.7 Å². The van der Waals surface area contributed by atoms with Gasteiger partial charge in [-0.1, -0.05) is 30.3 Å². The largest absolute Gasteiger partial charge is 0.633 e. The molecule has 1 fully saturated rings. The highest BCUT2D eigenvalue weighted by Gasteiger charge is 2.21. The number of aryl methyl sites for hydroxylation is 1. The van der Waals surface area contributed by atoms with Gasteiger partial charge in [-0.3, -0.25) is 10.1 Å². The van der Waals surface area contributed by atoms with Gasteiger partial charge in [-0.25, -0.2) is 0 Å². The molecular weight excluding hydrogens is 242 g/mol. The molecule has 0 spiro atoms. The average molecular weight is 263 g/mol. The van der Waals surface area contributed by atoms with Crippen molar-refractivity contribution in [3.8, 4) is 0 Å². The van der Waals surface area contributed by atoms with Crippen LogP contribution in [0.4, 0.5) is 0 Å². The summed E-state index contributed by atoms with van der Waals surface area (Å²) < 4.78 is 0. The molecule has 104 valence electrons. The van der Waals surface area contributed by atoms with Gasteiger partial charge >= 0.3 is 0 Å². The lowest BCUT2D eigenvalue weighted by molar-refractivity contribution is -0.861. The number of carbonyl (C=O) groups excluding carboxylic acids is 1. The molecule has 2 rings (SSSR count). The number of carbonyl (C=O) groups is 1. The van der Waals surface area contributed by atoms with Crippen LogP contribution in [0, 0.1) is 5.21 Å². The standard InChI is InChI=1S/C14H21N3O2/c18-14(7-6-12-4-2-1-3-5-12)16-9-8-13-10-15-11-17(13)19/h1-5,13,15,17H,6-11H2,(H,16,18). The molecule has 0 aliphatic carbocycles. The van der Waals surface area contributed by atoms with Crippen LogP contribution in [0.2, 0.25) is 0 Å². The van der Waals surface area contributed by atoms with E-state index in [1.807, 2.05) is 30.3 Å². The smallest absolute Gasteiger partial charge is 0.220 e. The second-order valence-electron chi connectivity index (χ2n) is 4.92. The molecule has 1 amide bonds. The van der Waals surface area contributed by atoms with Crippen molar-refractivity contribution in [1.82, 2.24) is 10.6 Å². The van der Waals surface area contributed by atoms with Crippen molar-refractivity contribution in [3.63, 3.8) is 0 Å². The molecule has 5 nitrogen and oxygen atoms in total. The number of amides is 1. The lowest BCUT2D eigenvalue weighted by Gasteiger charge is -2.22. The maximum Gasteiger partial charge on any atom is 0.220 e. The Labute approximate surface area is 113 Å². The molecule has 5 heteroatoms. The zero-order valence-corrected chi connectivity index (χ0v) is 11.0. The van der Waals surface area contributed by atoms with Crippen LogP contribution < -0.4 is 15.7 Å². The molecule has 1 heterocycles. The number of hydrogen-bond donors (Lipinski definition) is 3. The van der Waals surface area contributed by atoms with Gasteiger partial charge in [0.15, 0.2) is 0 Å². The second-order valence-corrected chi connectivity index (χ2v) is 4.92. The summed E-state index contributed by atoms with van der Waals surface area (Å²) in [5.74, 6) is 0.0576. The van der Waals surface area contributed by atoms with Gasteiger partial charge in [0.05, 0.1) is 6.54 Å². The fourth-order valence-electron chi connectivity index (χ4n) is 2.27. The third-order valence-corrected chi connectivity index (χ3v) is 3.44. The van der Waals surface area contributed by atoms with Gasteiger partial charge in [0.25, 0.3) is 0 Å². The van der Waals surface area contributed by atoms with E-state index >= 15 is 0 Å². The Balaban J connectivity index is 1.60. The number of quaternary nitrogens is 1. The Morgan fingerprint density at radius 1 is 1.42 bits per heavy atom. The number of hydrogen-bond acceptors (Lipinski definition) is 3. The fourth-order valence-corrected chi connectivity index (χ4v) is 2.27. The summed E-state index contributed by atoms with van der Waals surface area (Å²) in [6.07, 6.45) is 2.00. The Hall–Kier alpha value is -1.43. The van der Waals surface area contributed by atoms with Crippen molar-refractivity contribution in [2.24, 2.45) is 0 Å². The summed E-state index contributed by atoms with van der Waals surface area (Å²) >= 11 is 0. The number of rotatable bonds is 6. The molecule has 2 unspecified atom stereocenters. The van der Waals surface area contributed by atoms with Crippen molar-refractivity contribution < 1.29 is 9.86 Å². The minimum Gasteiger partial charge on any atom is -0.633 e. The Morgan fingerprint density at radius 2 is 2.21 bits per heavy atom. The fraction of sp³-hybridized carbons (Fsp3) is 0.500. The van der Waals surface area contributed by atoms with Gasteiger partial charge in [-0.05, 0) is 12.0 Å². The summed E-state index contributed by atoms with van der Waals surface area (Å²) in [6.45, 7) is 1.82. The zero-order valence-electron chi connectivity index (χ0n) is 11.0. The monoisotopic (exact) mass is 263 g/mol. The van der Waals surface area contributed by atoms with Gasteiger partial charge in [0.1, 0.15) is 12.7 Å². The van der Waals surface area contributed by atoms with Crippen LogP contribution in [0.3, 0.4) is 0 Å². The minimum absolute atomic E-state index is 0.0576. The summed E-state index contributed by atoms with van der Waals surface area (Å²) in [5.41, 5.74) is 1.17. The van der Waals surface area contributed by atoms with Crippen molar-refractivity contribution in [1.29, 1.82) is 0 Å². The van der Waals surface area contributed by atoms with Crippen LogP contribution in [0.1, 0.15) is 18.4 Å². The van der Waals surface area contributed by atoms with Crippen molar-refractivity contribution >= 4 is 5.91 Å². The highest BCUT2D eigenvalue weighted by Crippen LogP contribution is 2.02. The normalized spacial score (nSPS) is 22.4. The molecule has 0 bridgehead atoms. The van der Waals surface area contributed by atoms with Crippen LogP contribution in [0.25, 0.3) is 0 Å². The molecule has 0 saturated carbocycles. The topological polar surface area (TPSA) is 68.6 Å². The maximum atomic E-state index is 11.7. The maximum absolute atomic E-state index is 11.7. The lowest BCUT2D eigenvalue weighted by atomic mass is 10.1. The zero-order chi connectivity index (χ0) is 13.5. The van der Waals surface area contributed by atoms with Gasteiger partial charge in [-0.2, -0.15) is 0 Å². The minimum atomic E-state index is 0.0576. The van der Waals surface area contributed by atoms with E-state index in [0.717, 1.165) is 19.4 Å². The molecule has 19 heavy (non-hydrogen) atoms. The first-order valence-electron chi connectivity index (χ1n) is 6.80. The molecule has 0 aromatic heterocycles. The first kappa shape index (κ1) is 14.0. The number of benzene rings is 1. The molecule has 1 saturated heterocycles. The molecule has 2 atom stereocenters. The van der Waals surface area contributed by atoms with E-state index in [4.69, 9.17) is 0 Å². The Morgan fingerprint density at radius 3 is 2.89 bits per heavy atom. The molecule has 1 aliphatic heterocycles. The van der Waals surface area contributed by atoms with Crippen molar-refractivity contribution in [2.45, 2.75) is 25.3 Å². The summed E-state index contributed by atoms with van der Waals surface area (Å²) in [7, 11) is 0. The molecule has 3 N–H and O–H groups in total. The molecule has 0 radical (unpaired) electrons. The predicted octanol–water partition coefficient (Wildman–Crippen LogP) is -0.562. The SMILES string of the molecule is O=C(CCc1ccccc1)NCCC1CNC[NH+]1[O-]. The predicted molar refractivity (Wildman–Crippen MR) is 73.4 cm³/mol. The quantitative estimate of drug-likeness (QED) is 0.603. The Kier molecular flexibility index (Phi) is 5.32. The van der Waals surface area contributed by atoms with E-state index in [1.165, 1.54) is 5.56 Å². The van der Waals surface area contributed by atoms with E-state index in [0.29, 0.717) is 19.6 Å². The van der Waals surface area contributed by atoms with Gasteiger partial charge in [-0.15, -0.1) is 0 Å². The Bertz CT molecular complexity index is 397. The molecule has 1 aromatic carbocycles. The third-order valence-electron chi connectivity index (χ3n) is 3.44. The highest BCUT2D eigenvalue weighted by atomic mass is 16.5. The summed E-state index contributed by atoms with van der Waals surface area (Å²) in [4.78, 5) is 11.7. The van der Waals surface area contributed by atoms with E-state index in [1.54, 1.807) is 0 Å². The average Bonchev–Trinajstić information content (AvgIpc) is 2.83. The van der Waals surface area contributed by atoms with Gasteiger partial charge in [0.2, 0.25) is 5.91 Å². The van der Waals surface area contributed by atoms with Gasteiger partial charge < -0.3 is 15.6 Å². The van der Waals surface area contributed by atoms with Crippen molar-refractivity contribution in [2.75, 3.05) is 19.8 Å². The van der Waals surface area contributed by atoms with Crippen LogP contribution in [0.5, 0.6) is 0 Å². The third kappa shape index (κ3) is 4.63. The first-order chi connectivity index (χ1) is 9.25. The van der Waals surface area contributed by atoms with Crippen molar-refractivity contribution in [3.05, 3.63) is 41.1 Å². The van der Waals surface area contributed by atoms with E-state index in [-0.39, 0.29) is 17.0 Å². The van der Waals surface area contributed by atoms with Gasteiger partial charge in [0, 0.05) is 19.4 Å².